The molecule has 1 fully saturated rings. The molecule has 1 aliphatic rings. The third kappa shape index (κ3) is 2.51. The van der Waals surface area contributed by atoms with E-state index in [0.29, 0.717) is 5.02 Å². The Kier molecular flexibility index (Phi) is 3.50. The van der Waals surface area contributed by atoms with Crippen molar-refractivity contribution in [1.29, 1.82) is 0 Å². The van der Waals surface area contributed by atoms with Crippen LogP contribution in [-0.2, 0) is 4.79 Å². The Morgan fingerprint density at radius 2 is 1.77 bits per heavy atom. The second-order valence-corrected chi connectivity index (χ2v) is 5.54. The maximum atomic E-state index is 11.6. The van der Waals surface area contributed by atoms with Crippen LogP contribution in [0.3, 0.4) is 0 Å². The van der Waals surface area contributed by atoms with Gasteiger partial charge in [-0.1, -0.05) is 11.6 Å². The van der Waals surface area contributed by atoms with E-state index in [-0.39, 0.29) is 5.70 Å². The SMILES string of the molecule is Cc1cc(C=C2NC(=O)NC2=O)c(C)n1-c1ccc(Cl)cc1. The fourth-order valence-electron chi connectivity index (χ4n) is 2.56. The number of carbonyl (C=O) groups excluding carboxylic acids is 2. The van der Waals surface area contributed by atoms with Gasteiger partial charge in [-0.05, 0) is 55.8 Å². The van der Waals surface area contributed by atoms with Crippen LogP contribution in [0.2, 0.25) is 5.02 Å². The first-order valence-electron chi connectivity index (χ1n) is 6.74. The van der Waals surface area contributed by atoms with Crippen molar-refractivity contribution in [2.45, 2.75) is 13.8 Å². The summed E-state index contributed by atoms with van der Waals surface area (Å²) in [5, 5.41) is 5.36. The third-order valence-corrected chi connectivity index (χ3v) is 3.83. The minimum absolute atomic E-state index is 0.251. The highest BCUT2D eigenvalue weighted by molar-refractivity contribution is 6.30. The Balaban J connectivity index is 2.04. The molecule has 3 rings (SSSR count). The maximum Gasteiger partial charge on any atom is 0.326 e. The molecule has 1 aromatic carbocycles. The monoisotopic (exact) mass is 315 g/mol. The lowest BCUT2D eigenvalue weighted by atomic mass is 10.2. The van der Waals surface area contributed by atoms with Crippen LogP contribution in [0, 0.1) is 13.8 Å². The van der Waals surface area contributed by atoms with Crippen LogP contribution >= 0.6 is 11.6 Å². The molecule has 0 saturated carbocycles. The van der Waals surface area contributed by atoms with Gasteiger partial charge in [0.15, 0.2) is 0 Å². The fraction of sp³-hybridized carbons (Fsp3) is 0.125. The Morgan fingerprint density at radius 1 is 1.09 bits per heavy atom. The van der Waals surface area contributed by atoms with Gasteiger partial charge in [-0.25, -0.2) is 4.79 Å². The van der Waals surface area contributed by atoms with Gasteiger partial charge in [0.2, 0.25) is 0 Å². The summed E-state index contributed by atoms with van der Waals surface area (Å²) in [5.41, 5.74) is 4.11. The molecule has 2 aromatic rings. The zero-order valence-corrected chi connectivity index (χ0v) is 12.9. The number of nitrogens with one attached hydrogen (secondary N) is 2. The van der Waals surface area contributed by atoms with Gasteiger partial charge in [-0.2, -0.15) is 0 Å². The van der Waals surface area contributed by atoms with Gasteiger partial charge in [0, 0.05) is 22.1 Å². The average molecular weight is 316 g/mol. The topological polar surface area (TPSA) is 63.1 Å². The largest absolute Gasteiger partial charge is 0.326 e. The molecule has 0 aliphatic carbocycles. The number of aryl methyl sites for hydroxylation is 1. The van der Waals surface area contributed by atoms with Crippen LogP contribution in [0.25, 0.3) is 11.8 Å². The predicted molar refractivity (Wildman–Crippen MR) is 84.9 cm³/mol. The second kappa shape index (κ2) is 5.35. The summed E-state index contributed by atoms with van der Waals surface area (Å²) in [5.74, 6) is -0.415. The van der Waals surface area contributed by atoms with Crippen LogP contribution in [0.5, 0.6) is 0 Å². The molecule has 2 heterocycles. The van der Waals surface area contributed by atoms with Crippen LogP contribution < -0.4 is 10.6 Å². The normalized spacial score (nSPS) is 16.0. The summed E-state index contributed by atoms with van der Waals surface area (Å²) in [4.78, 5) is 22.8. The zero-order chi connectivity index (χ0) is 15.9. The lowest BCUT2D eigenvalue weighted by Crippen LogP contribution is -2.22. The summed E-state index contributed by atoms with van der Waals surface area (Å²) < 4.78 is 2.07. The van der Waals surface area contributed by atoms with Gasteiger partial charge in [0.1, 0.15) is 5.70 Å². The first-order valence-corrected chi connectivity index (χ1v) is 7.12. The highest BCUT2D eigenvalue weighted by Gasteiger charge is 2.23. The number of rotatable bonds is 2. The molecule has 112 valence electrons. The molecule has 2 N–H and O–H groups in total. The smallest absolute Gasteiger partial charge is 0.318 e. The van der Waals surface area contributed by atoms with E-state index in [9.17, 15) is 9.59 Å². The van der Waals surface area contributed by atoms with Gasteiger partial charge < -0.3 is 9.88 Å². The van der Waals surface area contributed by atoms with Crippen molar-refractivity contribution >= 4 is 29.6 Å². The van der Waals surface area contributed by atoms with Crippen LogP contribution in [0.15, 0.2) is 36.0 Å². The van der Waals surface area contributed by atoms with Crippen molar-refractivity contribution < 1.29 is 9.59 Å². The number of halogens is 1. The van der Waals surface area contributed by atoms with E-state index in [2.05, 4.69) is 15.2 Å². The number of aromatic nitrogens is 1. The molecule has 6 heteroatoms. The van der Waals surface area contributed by atoms with Crippen molar-refractivity contribution in [3.8, 4) is 5.69 Å². The summed E-state index contributed by atoms with van der Waals surface area (Å²) in [6.07, 6.45) is 1.68. The van der Waals surface area contributed by atoms with Crippen molar-refractivity contribution in [3.05, 3.63) is 58.0 Å². The molecule has 0 bridgehead atoms. The molecule has 0 atom stereocenters. The first kappa shape index (κ1) is 14.4. The molecular weight excluding hydrogens is 302 g/mol. The molecule has 1 saturated heterocycles. The number of hydrogen-bond donors (Lipinski definition) is 2. The number of hydrogen-bond acceptors (Lipinski definition) is 2. The van der Waals surface area contributed by atoms with Gasteiger partial charge in [-0.3, -0.25) is 10.1 Å². The van der Waals surface area contributed by atoms with Crippen molar-refractivity contribution in [1.82, 2.24) is 15.2 Å². The summed E-state index contributed by atoms with van der Waals surface area (Å²) in [6, 6.07) is 9.00. The quantitative estimate of drug-likeness (QED) is 0.661. The zero-order valence-electron chi connectivity index (χ0n) is 12.1. The summed E-state index contributed by atoms with van der Waals surface area (Å²) >= 11 is 5.92. The standard InChI is InChI=1S/C16H14ClN3O2/c1-9-7-11(8-14-15(21)19-16(22)18-14)10(2)20(9)13-5-3-12(17)4-6-13/h3-8H,1-2H3,(H2,18,19,21,22). The Hall–Kier alpha value is -2.53. The number of imide groups is 1. The molecule has 1 aromatic heterocycles. The fourth-order valence-corrected chi connectivity index (χ4v) is 2.69. The highest BCUT2D eigenvalue weighted by Crippen LogP contribution is 2.24. The molecule has 3 amide bonds. The van der Waals surface area contributed by atoms with Crippen molar-refractivity contribution in [2.24, 2.45) is 0 Å². The number of nitrogens with zero attached hydrogens (tertiary/aromatic N) is 1. The van der Waals surface area contributed by atoms with Gasteiger partial charge in [0.25, 0.3) is 5.91 Å². The number of amides is 3. The summed E-state index contributed by atoms with van der Waals surface area (Å²) in [6.45, 7) is 3.94. The van der Waals surface area contributed by atoms with E-state index in [1.54, 1.807) is 6.08 Å². The molecule has 1 aliphatic heterocycles. The molecule has 22 heavy (non-hydrogen) atoms. The minimum atomic E-state index is -0.497. The average Bonchev–Trinajstić information content (AvgIpc) is 2.92. The van der Waals surface area contributed by atoms with Gasteiger partial charge in [0.05, 0.1) is 0 Å². The Labute approximate surface area is 132 Å². The van der Waals surface area contributed by atoms with Crippen LogP contribution in [0.1, 0.15) is 17.0 Å². The van der Waals surface area contributed by atoms with Crippen LogP contribution in [0.4, 0.5) is 4.79 Å². The van der Waals surface area contributed by atoms with E-state index in [0.717, 1.165) is 22.6 Å². The first-order chi connectivity index (χ1) is 10.5. The number of urea groups is 1. The Bertz CT molecular complexity index is 804. The van der Waals surface area contributed by atoms with E-state index < -0.39 is 11.9 Å². The number of benzene rings is 1. The molecule has 0 unspecified atom stereocenters. The van der Waals surface area contributed by atoms with Crippen LogP contribution in [-0.4, -0.2) is 16.5 Å². The minimum Gasteiger partial charge on any atom is -0.318 e. The summed E-state index contributed by atoms with van der Waals surface area (Å²) in [7, 11) is 0. The molecule has 0 spiro atoms. The molecule has 5 nitrogen and oxygen atoms in total. The van der Waals surface area contributed by atoms with E-state index >= 15 is 0 Å². The maximum absolute atomic E-state index is 11.6. The second-order valence-electron chi connectivity index (χ2n) is 5.10. The van der Waals surface area contributed by atoms with E-state index in [1.807, 2.05) is 44.2 Å². The van der Waals surface area contributed by atoms with Gasteiger partial charge >= 0.3 is 6.03 Å². The van der Waals surface area contributed by atoms with E-state index in [4.69, 9.17) is 11.6 Å². The van der Waals surface area contributed by atoms with E-state index in [1.165, 1.54) is 0 Å². The molecular formula is C16H14ClN3O2. The van der Waals surface area contributed by atoms with Crippen molar-refractivity contribution in [3.63, 3.8) is 0 Å². The number of carbonyl (C=O) groups is 2. The Morgan fingerprint density at radius 3 is 2.36 bits per heavy atom. The third-order valence-electron chi connectivity index (χ3n) is 3.57. The lowest BCUT2D eigenvalue weighted by molar-refractivity contribution is -0.115. The molecule has 0 radical (unpaired) electrons. The predicted octanol–water partition coefficient (Wildman–Crippen LogP) is 2.93. The van der Waals surface area contributed by atoms with Crippen molar-refractivity contribution in [2.75, 3.05) is 0 Å². The lowest BCUT2D eigenvalue weighted by Gasteiger charge is -2.09. The van der Waals surface area contributed by atoms with Gasteiger partial charge in [-0.15, -0.1) is 0 Å². The highest BCUT2D eigenvalue weighted by atomic mass is 35.5.